The molecule has 1 N–H and O–H groups in total. The highest BCUT2D eigenvalue weighted by Crippen LogP contribution is 2.28. The van der Waals surface area contributed by atoms with E-state index in [0.717, 1.165) is 11.1 Å². The predicted molar refractivity (Wildman–Crippen MR) is 80.6 cm³/mol. The van der Waals surface area contributed by atoms with Crippen molar-refractivity contribution in [3.8, 4) is 0 Å². The number of amides is 1. The monoisotopic (exact) mass is 287 g/mol. The van der Waals surface area contributed by atoms with Gasteiger partial charge in [0.2, 0.25) is 5.91 Å². The molecule has 0 aromatic heterocycles. The van der Waals surface area contributed by atoms with E-state index in [1.165, 1.54) is 0 Å². The second-order valence-corrected chi connectivity index (χ2v) is 5.61. The summed E-state index contributed by atoms with van der Waals surface area (Å²) in [7, 11) is 1.74. The molecule has 0 unspecified atom stereocenters. The summed E-state index contributed by atoms with van der Waals surface area (Å²) < 4.78 is 0. The summed E-state index contributed by atoms with van der Waals surface area (Å²) in [5.41, 5.74) is 2.22. The topological polar surface area (TPSA) is 57.6 Å². The van der Waals surface area contributed by atoms with Gasteiger partial charge in [-0.2, -0.15) is 0 Å². The normalized spacial score (nSPS) is 21.0. The molecule has 0 radical (unpaired) electrons. The first-order chi connectivity index (χ1) is 10.0. The number of carbonyl (C=O) groups is 2. The third-order valence-electron chi connectivity index (χ3n) is 4.11. The van der Waals surface area contributed by atoms with Crippen molar-refractivity contribution in [3.05, 3.63) is 47.5 Å². The number of hydrogen-bond acceptors (Lipinski definition) is 2. The molecule has 0 saturated carbocycles. The number of allylic oxidation sites excluding steroid dienone is 2. The number of hydrogen-bond donors (Lipinski definition) is 1. The third kappa shape index (κ3) is 3.51. The summed E-state index contributed by atoms with van der Waals surface area (Å²) in [6, 6.07) is 7.92. The first kappa shape index (κ1) is 15.3. The van der Waals surface area contributed by atoms with E-state index in [1.807, 2.05) is 43.3 Å². The lowest BCUT2D eigenvalue weighted by atomic mass is 9.82. The van der Waals surface area contributed by atoms with Gasteiger partial charge in [0.1, 0.15) is 0 Å². The molecule has 1 aromatic rings. The van der Waals surface area contributed by atoms with Crippen molar-refractivity contribution in [1.29, 1.82) is 0 Å². The fraction of sp³-hybridized carbons (Fsp3) is 0.412. The van der Waals surface area contributed by atoms with Gasteiger partial charge in [0.05, 0.1) is 11.8 Å². The van der Waals surface area contributed by atoms with E-state index in [2.05, 4.69) is 0 Å². The second-order valence-electron chi connectivity index (χ2n) is 5.61. The van der Waals surface area contributed by atoms with Crippen molar-refractivity contribution in [3.63, 3.8) is 0 Å². The second kappa shape index (κ2) is 6.57. The highest BCUT2D eigenvalue weighted by molar-refractivity contribution is 5.85. The zero-order chi connectivity index (χ0) is 15.4. The molecule has 4 heteroatoms. The first-order valence-corrected chi connectivity index (χ1v) is 7.18. The van der Waals surface area contributed by atoms with Gasteiger partial charge in [-0.1, -0.05) is 36.4 Å². The molecule has 2 rings (SSSR count). The molecular formula is C17H21NO3. The van der Waals surface area contributed by atoms with Crippen molar-refractivity contribution in [1.82, 2.24) is 4.90 Å². The van der Waals surface area contributed by atoms with Gasteiger partial charge in [-0.15, -0.1) is 0 Å². The van der Waals surface area contributed by atoms with Crippen LogP contribution >= 0.6 is 0 Å². The fourth-order valence-corrected chi connectivity index (χ4v) is 2.76. The van der Waals surface area contributed by atoms with E-state index >= 15 is 0 Å². The molecule has 0 aliphatic heterocycles. The number of carboxylic acid groups (broad SMARTS) is 1. The quantitative estimate of drug-likeness (QED) is 0.866. The smallest absolute Gasteiger partial charge is 0.307 e. The van der Waals surface area contributed by atoms with Crippen molar-refractivity contribution < 1.29 is 14.7 Å². The molecule has 0 bridgehead atoms. The minimum absolute atomic E-state index is 0.0880. The Hall–Kier alpha value is -2.10. The number of rotatable bonds is 4. The van der Waals surface area contributed by atoms with Gasteiger partial charge in [0.15, 0.2) is 0 Å². The summed E-state index contributed by atoms with van der Waals surface area (Å²) in [5.74, 6) is -2.04. The van der Waals surface area contributed by atoms with Crippen molar-refractivity contribution >= 4 is 11.9 Å². The van der Waals surface area contributed by atoms with Gasteiger partial charge in [0, 0.05) is 13.6 Å². The van der Waals surface area contributed by atoms with E-state index in [1.54, 1.807) is 11.9 Å². The molecule has 1 aliphatic rings. The lowest BCUT2D eigenvalue weighted by molar-refractivity contribution is -0.150. The highest BCUT2D eigenvalue weighted by Gasteiger charge is 2.35. The van der Waals surface area contributed by atoms with Gasteiger partial charge in [0.25, 0.3) is 0 Å². The lowest BCUT2D eigenvalue weighted by Crippen LogP contribution is -2.39. The molecular weight excluding hydrogens is 266 g/mol. The van der Waals surface area contributed by atoms with Gasteiger partial charge < -0.3 is 10.0 Å². The van der Waals surface area contributed by atoms with E-state index in [4.69, 9.17) is 0 Å². The van der Waals surface area contributed by atoms with Crippen LogP contribution in [0, 0.1) is 18.8 Å². The van der Waals surface area contributed by atoms with Gasteiger partial charge in [-0.25, -0.2) is 0 Å². The Morgan fingerprint density at radius 1 is 1.19 bits per heavy atom. The molecule has 1 aromatic carbocycles. The number of aliphatic carboxylic acids is 1. The molecule has 1 amide bonds. The molecule has 0 fully saturated rings. The van der Waals surface area contributed by atoms with E-state index in [9.17, 15) is 14.7 Å². The molecule has 2 atom stereocenters. The molecule has 0 saturated heterocycles. The summed E-state index contributed by atoms with van der Waals surface area (Å²) in [4.78, 5) is 25.5. The summed E-state index contributed by atoms with van der Waals surface area (Å²) in [6.45, 7) is 2.52. The number of carbonyl (C=O) groups excluding carboxylic acids is 1. The Labute approximate surface area is 125 Å². The average molecular weight is 287 g/mol. The van der Waals surface area contributed by atoms with Crippen LogP contribution in [0.15, 0.2) is 36.4 Å². The van der Waals surface area contributed by atoms with E-state index in [0.29, 0.717) is 19.4 Å². The molecule has 0 spiro atoms. The molecule has 1 aliphatic carbocycles. The third-order valence-corrected chi connectivity index (χ3v) is 4.11. The Bertz CT molecular complexity index is 565. The van der Waals surface area contributed by atoms with Crippen LogP contribution < -0.4 is 0 Å². The first-order valence-electron chi connectivity index (χ1n) is 7.18. The van der Waals surface area contributed by atoms with Crippen LogP contribution in [0.25, 0.3) is 0 Å². The van der Waals surface area contributed by atoms with Crippen LogP contribution in [0.3, 0.4) is 0 Å². The standard InChI is InChI=1S/C17H21NO3/c1-12-7-3-4-8-13(12)11-18(2)16(19)14-9-5-6-10-15(14)17(20)21/h3-8,14-15H,9-11H2,1-2H3,(H,20,21)/t14-,15+/m1/s1. The minimum atomic E-state index is -0.887. The van der Waals surface area contributed by atoms with Gasteiger partial charge >= 0.3 is 5.97 Å². The van der Waals surface area contributed by atoms with Crippen LogP contribution in [0.2, 0.25) is 0 Å². The van der Waals surface area contributed by atoms with Crippen LogP contribution in [0.1, 0.15) is 24.0 Å². The summed E-state index contributed by atoms with van der Waals surface area (Å²) >= 11 is 0. The Morgan fingerprint density at radius 3 is 2.43 bits per heavy atom. The van der Waals surface area contributed by atoms with Crippen LogP contribution in [-0.4, -0.2) is 28.9 Å². The van der Waals surface area contributed by atoms with E-state index < -0.39 is 17.8 Å². The van der Waals surface area contributed by atoms with Gasteiger partial charge in [-0.3, -0.25) is 9.59 Å². The van der Waals surface area contributed by atoms with E-state index in [-0.39, 0.29) is 5.91 Å². The largest absolute Gasteiger partial charge is 0.481 e. The fourth-order valence-electron chi connectivity index (χ4n) is 2.76. The number of benzene rings is 1. The zero-order valence-electron chi connectivity index (χ0n) is 12.5. The summed E-state index contributed by atoms with van der Waals surface area (Å²) in [6.07, 6.45) is 4.70. The Morgan fingerprint density at radius 2 is 1.81 bits per heavy atom. The van der Waals surface area contributed by atoms with Crippen molar-refractivity contribution in [2.24, 2.45) is 11.8 Å². The van der Waals surface area contributed by atoms with Crippen LogP contribution in [0.4, 0.5) is 0 Å². The Balaban J connectivity index is 2.10. The molecule has 21 heavy (non-hydrogen) atoms. The van der Waals surface area contributed by atoms with Gasteiger partial charge in [-0.05, 0) is 30.9 Å². The lowest BCUT2D eigenvalue weighted by Gasteiger charge is -2.29. The SMILES string of the molecule is Cc1ccccc1CN(C)C(=O)[C@@H]1CC=CC[C@@H]1C(=O)O. The number of carboxylic acids is 1. The van der Waals surface area contributed by atoms with Crippen molar-refractivity contribution in [2.75, 3.05) is 7.05 Å². The zero-order valence-corrected chi connectivity index (χ0v) is 12.5. The van der Waals surface area contributed by atoms with Crippen LogP contribution in [-0.2, 0) is 16.1 Å². The highest BCUT2D eigenvalue weighted by atomic mass is 16.4. The maximum atomic E-state index is 12.6. The number of aryl methyl sites for hydroxylation is 1. The molecule has 112 valence electrons. The maximum Gasteiger partial charge on any atom is 0.307 e. The Kier molecular flexibility index (Phi) is 4.78. The molecule has 0 heterocycles. The van der Waals surface area contributed by atoms with Crippen molar-refractivity contribution in [2.45, 2.75) is 26.3 Å². The molecule has 4 nitrogen and oxygen atoms in total. The maximum absolute atomic E-state index is 12.6. The van der Waals surface area contributed by atoms with Crippen LogP contribution in [0.5, 0.6) is 0 Å². The minimum Gasteiger partial charge on any atom is -0.481 e. The average Bonchev–Trinajstić information content (AvgIpc) is 2.48. The number of nitrogens with zero attached hydrogens (tertiary/aromatic N) is 1. The predicted octanol–water partition coefficient (Wildman–Crippen LogP) is 2.62. The summed E-state index contributed by atoms with van der Waals surface area (Å²) in [5, 5.41) is 9.27.